The van der Waals surface area contributed by atoms with E-state index < -0.39 is 17.8 Å². The Bertz CT molecular complexity index is 748. The van der Waals surface area contributed by atoms with Crippen molar-refractivity contribution in [2.24, 2.45) is 11.8 Å². The molecule has 1 aromatic rings. The van der Waals surface area contributed by atoms with Gasteiger partial charge in [0.15, 0.2) is 0 Å². The molecule has 1 saturated carbocycles. The summed E-state index contributed by atoms with van der Waals surface area (Å²) in [6.07, 6.45) is -1.11. The first-order valence-corrected chi connectivity index (χ1v) is 10.6. The maximum atomic E-state index is 12.6. The SMILES string of the molecule is CCN(CC#C[C@H]1CC[C@H](CN(C)C(=O)Oc2ccc(C(F)(F)F)cc2)CC1)CCO. The van der Waals surface area contributed by atoms with Crippen LogP contribution in [0.4, 0.5) is 18.0 Å². The summed E-state index contributed by atoms with van der Waals surface area (Å²) < 4.78 is 43.0. The first-order valence-electron chi connectivity index (χ1n) is 10.6. The van der Waals surface area contributed by atoms with E-state index in [0.717, 1.165) is 56.5 Å². The number of nitrogens with zero attached hydrogens (tertiary/aromatic N) is 2. The van der Waals surface area contributed by atoms with Gasteiger partial charge < -0.3 is 14.7 Å². The quantitative estimate of drug-likeness (QED) is 0.644. The minimum absolute atomic E-state index is 0.0890. The Balaban J connectivity index is 1.74. The van der Waals surface area contributed by atoms with Crippen LogP contribution in [0.25, 0.3) is 0 Å². The fourth-order valence-electron chi connectivity index (χ4n) is 3.63. The Hall–Kier alpha value is -2.24. The standard InChI is InChI=1S/C23H31F3N2O3/c1-3-28(15-16-29)14-4-5-18-6-8-19(9-7-18)17-27(2)22(30)31-21-12-10-20(11-13-21)23(24,25)26/h10-13,18-19,29H,3,6-9,14-17H2,1-2H3/t18-,19-. The summed E-state index contributed by atoms with van der Waals surface area (Å²) >= 11 is 0. The highest BCUT2D eigenvalue weighted by Crippen LogP contribution is 2.31. The zero-order valence-electron chi connectivity index (χ0n) is 18.1. The van der Waals surface area contributed by atoms with Gasteiger partial charge >= 0.3 is 12.3 Å². The highest BCUT2D eigenvalue weighted by molar-refractivity contribution is 5.70. The van der Waals surface area contributed by atoms with E-state index in [2.05, 4.69) is 16.7 Å². The average molecular weight is 441 g/mol. The number of benzene rings is 1. The van der Waals surface area contributed by atoms with Gasteiger partial charge in [0.25, 0.3) is 0 Å². The maximum absolute atomic E-state index is 12.6. The minimum atomic E-state index is -4.42. The summed E-state index contributed by atoms with van der Waals surface area (Å²) in [5.74, 6) is 7.34. The molecule has 0 unspecified atom stereocenters. The van der Waals surface area contributed by atoms with Gasteiger partial charge in [0.1, 0.15) is 5.75 Å². The lowest BCUT2D eigenvalue weighted by Gasteiger charge is -2.29. The third-order valence-electron chi connectivity index (χ3n) is 5.55. The van der Waals surface area contributed by atoms with E-state index in [9.17, 15) is 18.0 Å². The zero-order chi connectivity index (χ0) is 22.9. The van der Waals surface area contributed by atoms with Gasteiger partial charge in [-0.3, -0.25) is 4.90 Å². The Kier molecular flexibility index (Phi) is 9.66. The highest BCUT2D eigenvalue weighted by Gasteiger charge is 2.30. The molecule has 5 nitrogen and oxygen atoms in total. The normalized spacial score (nSPS) is 18.9. The maximum Gasteiger partial charge on any atom is 0.416 e. The van der Waals surface area contributed by atoms with E-state index in [1.54, 1.807) is 7.05 Å². The monoisotopic (exact) mass is 440 g/mol. The molecule has 1 N–H and O–H groups in total. The van der Waals surface area contributed by atoms with Crippen molar-refractivity contribution in [1.82, 2.24) is 9.80 Å². The number of carbonyl (C=O) groups excluding carboxylic acids is 1. The van der Waals surface area contributed by atoms with Crippen molar-refractivity contribution in [3.63, 3.8) is 0 Å². The molecule has 0 bridgehead atoms. The molecule has 0 aromatic heterocycles. The average Bonchev–Trinajstić information content (AvgIpc) is 2.74. The summed E-state index contributed by atoms with van der Waals surface area (Å²) in [5.41, 5.74) is -0.781. The lowest BCUT2D eigenvalue weighted by Crippen LogP contribution is -2.35. The van der Waals surface area contributed by atoms with E-state index in [-0.39, 0.29) is 12.4 Å². The van der Waals surface area contributed by atoms with Crippen LogP contribution in [-0.2, 0) is 6.18 Å². The highest BCUT2D eigenvalue weighted by atomic mass is 19.4. The number of hydrogen-bond acceptors (Lipinski definition) is 4. The van der Waals surface area contributed by atoms with E-state index in [1.165, 1.54) is 4.90 Å². The molecule has 1 amide bonds. The van der Waals surface area contributed by atoms with Crippen molar-refractivity contribution < 1.29 is 27.8 Å². The smallest absolute Gasteiger partial charge is 0.410 e. The largest absolute Gasteiger partial charge is 0.416 e. The van der Waals surface area contributed by atoms with Crippen LogP contribution in [0.1, 0.15) is 38.2 Å². The number of carbonyl (C=O) groups is 1. The molecule has 0 saturated heterocycles. The number of hydrogen-bond donors (Lipinski definition) is 1. The van der Waals surface area contributed by atoms with Crippen molar-refractivity contribution in [3.8, 4) is 17.6 Å². The van der Waals surface area contributed by atoms with E-state index >= 15 is 0 Å². The molecule has 0 atom stereocenters. The molecule has 0 spiro atoms. The molecule has 1 aromatic carbocycles. The summed E-state index contributed by atoms with van der Waals surface area (Å²) in [6, 6.07) is 4.10. The molecule has 2 rings (SSSR count). The van der Waals surface area contributed by atoms with Gasteiger partial charge in [0, 0.05) is 26.1 Å². The number of aliphatic hydroxyl groups excluding tert-OH is 1. The first-order chi connectivity index (χ1) is 14.7. The topological polar surface area (TPSA) is 53.0 Å². The van der Waals surface area contributed by atoms with E-state index in [0.29, 0.717) is 31.5 Å². The second kappa shape index (κ2) is 12.0. The zero-order valence-corrected chi connectivity index (χ0v) is 18.1. The summed E-state index contributed by atoms with van der Waals surface area (Å²) in [5, 5.41) is 9.01. The second-order valence-electron chi connectivity index (χ2n) is 7.90. The molecule has 0 radical (unpaired) electrons. The third-order valence-corrected chi connectivity index (χ3v) is 5.55. The van der Waals surface area contributed by atoms with Gasteiger partial charge in [-0.1, -0.05) is 18.8 Å². The van der Waals surface area contributed by atoms with Crippen LogP contribution in [0.5, 0.6) is 5.75 Å². The number of amides is 1. The fraction of sp³-hybridized carbons (Fsp3) is 0.609. The Morgan fingerprint density at radius 2 is 1.84 bits per heavy atom. The number of rotatable bonds is 7. The number of aliphatic hydroxyl groups is 1. The van der Waals surface area contributed by atoms with Crippen LogP contribution in [-0.4, -0.2) is 60.8 Å². The van der Waals surface area contributed by atoms with Crippen LogP contribution >= 0.6 is 0 Å². The number of alkyl halides is 3. The van der Waals surface area contributed by atoms with Crippen LogP contribution < -0.4 is 4.74 Å². The lowest BCUT2D eigenvalue weighted by atomic mass is 9.82. The molecule has 1 fully saturated rings. The van der Waals surface area contributed by atoms with Gasteiger partial charge in [-0.25, -0.2) is 4.79 Å². The third kappa shape index (κ3) is 8.42. The summed E-state index contributed by atoms with van der Waals surface area (Å²) in [4.78, 5) is 15.8. The van der Waals surface area contributed by atoms with Gasteiger partial charge in [-0.15, -0.1) is 0 Å². The molecular formula is C23H31F3N2O3. The van der Waals surface area contributed by atoms with Crippen LogP contribution in [0.15, 0.2) is 24.3 Å². The Morgan fingerprint density at radius 3 is 2.39 bits per heavy atom. The molecule has 0 heterocycles. The van der Waals surface area contributed by atoms with Crippen molar-refractivity contribution >= 4 is 6.09 Å². The number of likely N-dealkylation sites (N-methyl/N-ethyl adjacent to an activating group) is 1. The van der Waals surface area contributed by atoms with Gasteiger partial charge in [-0.2, -0.15) is 13.2 Å². The van der Waals surface area contributed by atoms with Crippen LogP contribution in [0.3, 0.4) is 0 Å². The van der Waals surface area contributed by atoms with Gasteiger partial charge in [0.2, 0.25) is 0 Å². The van der Waals surface area contributed by atoms with E-state index in [1.807, 2.05) is 6.92 Å². The molecule has 8 heteroatoms. The van der Waals surface area contributed by atoms with E-state index in [4.69, 9.17) is 9.84 Å². The fourth-order valence-corrected chi connectivity index (χ4v) is 3.63. The van der Waals surface area contributed by atoms with Crippen molar-refractivity contribution in [2.45, 2.75) is 38.8 Å². The van der Waals surface area contributed by atoms with Gasteiger partial charge in [-0.05, 0) is 62.4 Å². The molecule has 31 heavy (non-hydrogen) atoms. The lowest BCUT2D eigenvalue weighted by molar-refractivity contribution is -0.137. The molecular weight excluding hydrogens is 409 g/mol. The molecule has 172 valence electrons. The van der Waals surface area contributed by atoms with Crippen molar-refractivity contribution in [3.05, 3.63) is 29.8 Å². The second-order valence-corrected chi connectivity index (χ2v) is 7.90. The number of halogens is 3. The Labute approximate surface area is 182 Å². The van der Waals surface area contributed by atoms with Crippen molar-refractivity contribution in [1.29, 1.82) is 0 Å². The molecule has 1 aliphatic carbocycles. The molecule has 1 aliphatic rings. The molecule has 0 aliphatic heterocycles. The van der Waals surface area contributed by atoms with Gasteiger partial charge in [0.05, 0.1) is 18.7 Å². The number of ether oxygens (including phenoxy) is 1. The van der Waals surface area contributed by atoms with Crippen LogP contribution in [0, 0.1) is 23.7 Å². The summed E-state index contributed by atoms with van der Waals surface area (Å²) in [6.45, 7) is 4.87. The summed E-state index contributed by atoms with van der Waals surface area (Å²) in [7, 11) is 1.64. The predicted molar refractivity (Wildman–Crippen MR) is 113 cm³/mol. The van der Waals surface area contributed by atoms with Crippen LogP contribution in [0.2, 0.25) is 0 Å². The minimum Gasteiger partial charge on any atom is -0.410 e. The first kappa shape index (κ1) is 25.0. The van der Waals surface area contributed by atoms with Crippen molar-refractivity contribution in [2.75, 3.05) is 39.8 Å². The predicted octanol–water partition coefficient (Wildman–Crippen LogP) is 4.26. The Morgan fingerprint density at radius 1 is 1.19 bits per heavy atom.